The highest BCUT2D eigenvalue weighted by Crippen LogP contribution is 2.03. The lowest BCUT2D eigenvalue weighted by Crippen LogP contribution is -2.09. The zero-order valence-corrected chi connectivity index (χ0v) is 35.3. The molecule has 64 heavy (non-hydrogen) atoms. The van der Waals surface area contributed by atoms with Crippen LogP contribution in [0.3, 0.4) is 0 Å². The Morgan fingerprint density at radius 2 is 0.531 bits per heavy atom. The van der Waals surface area contributed by atoms with Gasteiger partial charge in [-0.2, -0.15) is 0 Å². The molecular formula is C32H32N24O4S4. The Kier molecular flexibility index (Phi) is 17.6. The molecule has 0 amide bonds. The molecule has 12 heterocycles. The molecule has 0 spiro atoms. The smallest absolute Gasteiger partial charge is 0.325 e. The van der Waals surface area contributed by atoms with Crippen molar-refractivity contribution >= 4 is 93.5 Å². The Morgan fingerprint density at radius 1 is 0.312 bits per heavy atom. The predicted molar refractivity (Wildman–Crippen MR) is 242 cm³/mol. The summed E-state index contributed by atoms with van der Waals surface area (Å²) in [4.78, 5) is 115. The van der Waals surface area contributed by atoms with E-state index >= 15 is 0 Å². The SMILES string of the molecule is O=c1[nH]c(=S)c2[nH]cnc2[nH]1.O=c1[nH]c(=S)c2[nH]cnc2[nH]1.O=c1[nH]c(=S)c2[nH]cnc2[nH]1.O=c1[nH]c(=S)c2[nH]cnc2[nH]1.c1c[nH]cn1.c1c[nH]cn1.c1c[nH]cn1.c1c[nH]cn1. The molecule has 0 aliphatic heterocycles. The number of nitrogens with zero attached hydrogens (tertiary/aromatic N) is 8. The molecule has 0 bridgehead atoms. The fraction of sp³-hybridized carbons (Fsp3) is 0. The van der Waals surface area contributed by atoms with Crippen LogP contribution in [0, 0.1) is 18.6 Å². The lowest BCUT2D eigenvalue weighted by atomic mass is 10.6. The van der Waals surface area contributed by atoms with E-state index in [1.807, 2.05) is 0 Å². The van der Waals surface area contributed by atoms with E-state index in [1.165, 1.54) is 25.3 Å². The van der Waals surface area contributed by atoms with Crippen molar-refractivity contribution in [2.75, 3.05) is 0 Å². The second-order valence-corrected chi connectivity index (χ2v) is 12.8. The van der Waals surface area contributed by atoms with E-state index in [9.17, 15) is 19.2 Å². The van der Waals surface area contributed by atoms with Crippen molar-refractivity contribution in [1.29, 1.82) is 0 Å². The summed E-state index contributed by atoms with van der Waals surface area (Å²) in [7, 11) is 0. The van der Waals surface area contributed by atoms with Gasteiger partial charge in [-0.05, 0) is 0 Å². The highest BCUT2D eigenvalue weighted by molar-refractivity contribution is 7.72. The quantitative estimate of drug-likeness (QED) is 0.0972. The first-order chi connectivity index (χ1) is 31.1. The summed E-state index contributed by atoms with van der Waals surface area (Å²) in [6.07, 6.45) is 26.2. The summed E-state index contributed by atoms with van der Waals surface area (Å²) in [6.45, 7) is 0. The Labute approximate surface area is 372 Å². The summed E-state index contributed by atoms with van der Waals surface area (Å²) in [6, 6.07) is 0. The third-order valence-electron chi connectivity index (χ3n) is 6.93. The van der Waals surface area contributed by atoms with Crippen LogP contribution in [-0.4, -0.2) is 120 Å². The third kappa shape index (κ3) is 14.7. The fourth-order valence-electron chi connectivity index (χ4n) is 4.33. The van der Waals surface area contributed by atoms with Crippen LogP contribution in [0.5, 0.6) is 0 Å². The maximum atomic E-state index is 10.8. The molecule has 32 heteroatoms. The minimum atomic E-state index is -0.338. The number of imidazole rings is 8. The van der Waals surface area contributed by atoms with Crippen LogP contribution in [0.2, 0.25) is 0 Å². The number of hydrogen-bond acceptors (Lipinski definition) is 16. The van der Waals surface area contributed by atoms with Crippen LogP contribution < -0.4 is 22.8 Å². The average Bonchev–Trinajstić information content (AvgIpc) is 4.12. The van der Waals surface area contributed by atoms with Gasteiger partial charge in [-0.1, -0.05) is 48.9 Å². The maximum Gasteiger partial charge on any atom is 0.325 e. The Morgan fingerprint density at radius 3 is 0.688 bits per heavy atom. The monoisotopic (exact) mass is 944 g/mol. The molecule has 12 aromatic rings. The summed E-state index contributed by atoms with van der Waals surface area (Å²) >= 11 is 19.4. The van der Waals surface area contributed by atoms with Gasteiger partial charge >= 0.3 is 22.8 Å². The van der Waals surface area contributed by atoms with Gasteiger partial charge in [-0.3, -0.25) is 39.9 Å². The average molecular weight is 945 g/mol. The molecule has 0 aromatic carbocycles. The van der Waals surface area contributed by atoms with Crippen LogP contribution in [0.1, 0.15) is 0 Å². The van der Waals surface area contributed by atoms with Gasteiger partial charge in [0.25, 0.3) is 0 Å². The van der Waals surface area contributed by atoms with E-state index in [0.717, 1.165) is 0 Å². The lowest BCUT2D eigenvalue weighted by Gasteiger charge is -1.85. The van der Waals surface area contributed by atoms with E-state index < -0.39 is 0 Å². The number of hydrogen-bond donors (Lipinski definition) is 16. The van der Waals surface area contributed by atoms with Gasteiger partial charge in [-0.15, -0.1) is 0 Å². The molecule has 328 valence electrons. The highest BCUT2D eigenvalue weighted by atomic mass is 32.1. The van der Waals surface area contributed by atoms with E-state index in [0.29, 0.717) is 63.2 Å². The van der Waals surface area contributed by atoms with Crippen molar-refractivity contribution in [1.82, 2.24) is 120 Å². The van der Waals surface area contributed by atoms with Crippen molar-refractivity contribution in [2.45, 2.75) is 0 Å². The van der Waals surface area contributed by atoms with Crippen molar-refractivity contribution in [3.63, 3.8) is 0 Å². The van der Waals surface area contributed by atoms with Gasteiger partial charge in [0, 0.05) is 49.6 Å². The number of H-pyrrole nitrogens is 16. The minimum absolute atomic E-state index is 0.338. The van der Waals surface area contributed by atoms with Crippen LogP contribution in [-0.2, 0) is 0 Å². The Hall–Kier alpha value is -8.88. The van der Waals surface area contributed by atoms with Crippen LogP contribution >= 0.6 is 48.9 Å². The summed E-state index contributed by atoms with van der Waals surface area (Å²) in [5.74, 6) is 0. The third-order valence-corrected chi connectivity index (χ3v) is 8.15. The minimum Gasteiger partial charge on any atom is -0.351 e. The molecule has 0 fully saturated rings. The number of nitrogens with one attached hydrogen (secondary N) is 16. The molecule has 0 radical (unpaired) electrons. The first-order valence-corrected chi connectivity index (χ1v) is 19.1. The van der Waals surface area contributed by atoms with E-state index in [4.69, 9.17) is 48.9 Å². The molecule has 16 N–H and O–H groups in total. The van der Waals surface area contributed by atoms with Crippen LogP contribution in [0.25, 0.3) is 44.7 Å². The fourth-order valence-corrected chi connectivity index (χ4v) is 5.32. The number of aromatic amines is 16. The molecule has 0 unspecified atom stereocenters. The topological polar surface area (TPSA) is 424 Å². The van der Waals surface area contributed by atoms with Crippen molar-refractivity contribution in [3.05, 3.63) is 161 Å². The first kappa shape index (κ1) is 46.2. The van der Waals surface area contributed by atoms with Crippen molar-refractivity contribution in [3.8, 4) is 0 Å². The largest absolute Gasteiger partial charge is 0.351 e. The van der Waals surface area contributed by atoms with Gasteiger partial charge < -0.3 is 39.9 Å². The summed E-state index contributed by atoms with van der Waals surface area (Å²) in [5.41, 5.74) is 3.20. The molecular weight excluding hydrogens is 913 g/mol. The molecule has 0 aliphatic carbocycles. The molecule has 0 saturated carbocycles. The van der Waals surface area contributed by atoms with E-state index in [2.05, 4.69) is 120 Å². The summed E-state index contributed by atoms with van der Waals surface area (Å²) in [5, 5.41) is 0. The van der Waals surface area contributed by atoms with E-state index in [-0.39, 0.29) is 22.8 Å². The highest BCUT2D eigenvalue weighted by Gasteiger charge is 2.00. The number of fused-ring (bicyclic) bond motifs is 4. The molecule has 12 aromatic heterocycles. The second kappa shape index (κ2) is 24.4. The molecule has 28 nitrogen and oxygen atoms in total. The number of aromatic nitrogens is 24. The second-order valence-electron chi connectivity index (χ2n) is 11.2. The van der Waals surface area contributed by atoms with Crippen molar-refractivity contribution < 1.29 is 0 Å². The Bertz CT molecular complexity index is 3070. The van der Waals surface area contributed by atoms with Gasteiger partial charge in [0.1, 0.15) is 40.6 Å². The normalized spacial score (nSPS) is 9.75. The van der Waals surface area contributed by atoms with Crippen LogP contribution in [0.4, 0.5) is 0 Å². The first-order valence-electron chi connectivity index (χ1n) is 17.4. The lowest BCUT2D eigenvalue weighted by molar-refractivity contribution is 1.09. The van der Waals surface area contributed by atoms with Gasteiger partial charge in [0.2, 0.25) is 0 Å². The standard InChI is InChI=1S/4C5H4N4OS.4C3H4N2/c4*10-5-8-3-2(4(11)9-5)6-1-7-3;4*1-2-5-3-4-1/h4*1H,(H3,6,7,8,9,10,11);4*1-3H,(H,4,5). The van der Waals surface area contributed by atoms with Gasteiger partial charge in [0.15, 0.2) is 22.6 Å². The van der Waals surface area contributed by atoms with Gasteiger partial charge in [-0.25, -0.2) is 59.0 Å². The maximum absolute atomic E-state index is 10.8. The predicted octanol–water partition coefficient (Wildman–Crippen LogP) is 2.87. The molecule has 0 saturated heterocycles. The summed E-state index contributed by atoms with van der Waals surface area (Å²) < 4.78 is 1.50. The van der Waals surface area contributed by atoms with Crippen molar-refractivity contribution in [2.24, 2.45) is 0 Å². The van der Waals surface area contributed by atoms with Gasteiger partial charge in [0.05, 0.1) is 50.6 Å². The zero-order valence-electron chi connectivity index (χ0n) is 32.1. The molecule has 0 atom stereocenters. The molecule has 12 rings (SSSR count). The molecule has 0 aliphatic rings. The zero-order chi connectivity index (χ0) is 45.5. The van der Waals surface area contributed by atoms with Crippen LogP contribution in [0.15, 0.2) is 119 Å². The number of rotatable bonds is 0. The Balaban J connectivity index is 0.000000141. The van der Waals surface area contributed by atoms with E-state index in [1.54, 1.807) is 74.9 Å².